The summed E-state index contributed by atoms with van der Waals surface area (Å²) in [5.41, 5.74) is 3.22. The highest BCUT2D eigenvalue weighted by Crippen LogP contribution is 2.23. The molecule has 0 aliphatic rings. The fraction of sp³-hybridized carbons (Fsp3) is 0.125. The number of methoxy groups -OCH3 is 1. The van der Waals surface area contributed by atoms with Gasteiger partial charge in [-0.2, -0.15) is 0 Å². The third-order valence-electron chi connectivity index (χ3n) is 4.75. The molecule has 30 heavy (non-hydrogen) atoms. The molecule has 4 rings (SSSR count). The van der Waals surface area contributed by atoms with Crippen LogP contribution in [-0.2, 0) is 17.0 Å². The van der Waals surface area contributed by atoms with Gasteiger partial charge in [-0.25, -0.2) is 9.78 Å². The first-order valence-electron chi connectivity index (χ1n) is 9.49. The third kappa shape index (κ3) is 4.28. The molecule has 150 valence electrons. The van der Waals surface area contributed by atoms with Crippen molar-refractivity contribution in [2.45, 2.75) is 17.5 Å². The summed E-state index contributed by atoms with van der Waals surface area (Å²) < 4.78 is 6.47. The number of ether oxygens (including phenoxy) is 1. The van der Waals surface area contributed by atoms with Crippen LogP contribution in [0, 0.1) is 0 Å². The molecule has 0 bridgehead atoms. The molecule has 0 atom stereocenters. The second-order valence-electron chi connectivity index (χ2n) is 6.77. The molecule has 3 aromatic carbocycles. The monoisotopic (exact) mass is 416 g/mol. The van der Waals surface area contributed by atoms with Gasteiger partial charge in [-0.1, -0.05) is 66.4 Å². The Morgan fingerprint density at radius 3 is 2.37 bits per heavy atom. The largest absolute Gasteiger partial charge is 0.465 e. The van der Waals surface area contributed by atoms with Gasteiger partial charge in [-0.15, -0.1) is 0 Å². The lowest BCUT2D eigenvalue weighted by atomic mass is 10.1. The van der Waals surface area contributed by atoms with Crippen LogP contribution < -0.4 is 5.56 Å². The van der Waals surface area contributed by atoms with E-state index >= 15 is 0 Å². The number of thioether (sulfide) groups is 1. The average Bonchev–Trinajstić information content (AvgIpc) is 2.80. The highest BCUT2D eigenvalue weighted by atomic mass is 32.2. The lowest BCUT2D eigenvalue weighted by molar-refractivity contribution is 0.0600. The zero-order chi connectivity index (χ0) is 20.9. The van der Waals surface area contributed by atoms with Gasteiger partial charge in [0.1, 0.15) is 0 Å². The number of carbonyl (C=O) groups is 1. The summed E-state index contributed by atoms with van der Waals surface area (Å²) in [6.45, 7) is 0.459. The standard InChI is InChI=1S/C24H20N2O3S/c1-29-23(28)19-13-11-18(12-14-19)16-30-24-25-21-10-6-5-9-20(21)22(27)26(24)15-17-7-3-2-4-8-17/h2-14H,15-16H2,1H3. The third-order valence-corrected chi connectivity index (χ3v) is 5.80. The molecule has 0 fully saturated rings. The second kappa shape index (κ2) is 8.97. The van der Waals surface area contributed by atoms with E-state index in [0.29, 0.717) is 33.9 Å². The Morgan fingerprint density at radius 2 is 1.63 bits per heavy atom. The summed E-state index contributed by atoms with van der Waals surface area (Å²) in [5.74, 6) is 0.267. The lowest BCUT2D eigenvalue weighted by Crippen LogP contribution is -2.24. The molecule has 0 amide bonds. The number of benzene rings is 3. The first kappa shape index (κ1) is 19.9. The minimum Gasteiger partial charge on any atom is -0.465 e. The summed E-state index contributed by atoms with van der Waals surface area (Å²) in [6, 6.07) is 24.6. The van der Waals surface area contributed by atoms with E-state index in [1.165, 1.54) is 18.9 Å². The van der Waals surface area contributed by atoms with Crippen molar-refractivity contribution in [1.29, 1.82) is 0 Å². The van der Waals surface area contributed by atoms with Crippen molar-refractivity contribution < 1.29 is 9.53 Å². The van der Waals surface area contributed by atoms with E-state index in [0.717, 1.165) is 11.1 Å². The van der Waals surface area contributed by atoms with Crippen LogP contribution in [0.15, 0.2) is 88.8 Å². The van der Waals surface area contributed by atoms with Crippen molar-refractivity contribution in [3.05, 3.63) is 106 Å². The summed E-state index contributed by atoms with van der Waals surface area (Å²) >= 11 is 1.50. The molecule has 1 aromatic heterocycles. The molecule has 0 unspecified atom stereocenters. The van der Waals surface area contributed by atoms with Gasteiger partial charge in [-0.3, -0.25) is 9.36 Å². The van der Waals surface area contributed by atoms with Gasteiger partial charge < -0.3 is 4.74 Å². The van der Waals surface area contributed by atoms with E-state index < -0.39 is 0 Å². The van der Waals surface area contributed by atoms with Gasteiger partial charge in [0.05, 0.1) is 30.1 Å². The van der Waals surface area contributed by atoms with E-state index in [-0.39, 0.29) is 11.5 Å². The summed E-state index contributed by atoms with van der Waals surface area (Å²) in [7, 11) is 1.36. The van der Waals surface area contributed by atoms with Gasteiger partial charge in [0, 0.05) is 5.75 Å². The predicted molar refractivity (Wildman–Crippen MR) is 119 cm³/mol. The fourth-order valence-electron chi connectivity index (χ4n) is 3.17. The number of aromatic nitrogens is 2. The highest BCUT2D eigenvalue weighted by Gasteiger charge is 2.12. The lowest BCUT2D eigenvalue weighted by Gasteiger charge is -2.13. The Hall–Kier alpha value is -3.38. The smallest absolute Gasteiger partial charge is 0.337 e. The zero-order valence-corrected chi connectivity index (χ0v) is 17.3. The second-order valence-corrected chi connectivity index (χ2v) is 7.71. The van der Waals surface area contributed by atoms with Crippen molar-refractivity contribution in [2.75, 3.05) is 7.11 Å². The Kier molecular flexibility index (Phi) is 5.95. The van der Waals surface area contributed by atoms with E-state index in [1.54, 1.807) is 16.7 Å². The number of carbonyl (C=O) groups excluding carboxylic acids is 1. The van der Waals surface area contributed by atoms with Crippen molar-refractivity contribution in [1.82, 2.24) is 9.55 Å². The van der Waals surface area contributed by atoms with Crippen molar-refractivity contribution in [3.8, 4) is 0 Å². The molecule has 0 N–H and O–H groups in total. The number of fused-ring (bicyclic) bond motifs is 1. The molecule has 0 saturated heterocycles. The number of hydrogen-bond donors (Lipinski definition) is 0. The van der Waals surface area contributed by atoms with Gasteiger partial charge in [0.25, 0.3) is 5.56 Å². The summed E-state index contributed by atoms with van der Waals surface area (Å²) in [6.07, 6.45) is 0. The van der Waals surface area contributed by atoms with E-state index in [9.17, 15) is 9.59 Å². The van der Waals surface area contributed by atoms with Gasteiger partial charge in [0.15, 0.2) is 5.16 Å². The maximum atomic E-state index is 13.2. The fourth-order valence-corrected chi connectivity index (χ4v) is 4.12. The van der Waals surface area contributed by atoms with E-state index in [2.05, 4.69) is 0 Å². The van der Waals surface area contributed by atoms with Crippen molar-refractivity contribution >= 4 is 28.6 Å². The minimum absolute atomic E-state index is 0.0482. The van der Waals surface area contributed by atoms with Crippen molar-refractivity contribution in [3.63, 3.8) is 0 Å². The van der Waals surface area contributed by atoms with Crippen LogP contribution in [0.4, 0.5) is 0 Å². The van der Waals surface area contributed by atoms with Crippen LogP contribution in [-0.4, -0.2) is 22.6 Å². The summed E-state index contributed by atoms with van der Waals surface area (Å²) in [5, 5.41) is 1.28. The maximum Gasteiger partial charge on any atom is 0.337 e. The number of para-hydroxylation sites is 1. The maximum absolute atomic E-state index is 13.2. The molecule has 6 heteroatoms. The highest BCUT2D eigenvalue weighted by molar-refractivity contribution is 7.98. The first-order valence-corrected chi connectivity index (χ1v) is 10.5. The molecule has 0 aliphatic carbocycles. The first-order chi connectivity index (χ1) is 14.7. The Morgan fingerprint density at radius 1 is 0.933 bits per heavy atom. The minimum atomic E-state index is -0.359. The Bertz CT molecular complexity index is 1240. The normalized spacial score (nSPS) is 10.8. The molecule has 1 heterocycles. The van der Waals surface area contributed by atoms with Crippen LogP contribution in [0.3, 0.4) is 0 Å². The van der Waals surface area contributed by atoms with Gasteiger partial charge >= 0.3 is 5.97 Å². The Balaban J connectivity index is 1.66. The van der Waals surface area contributed by atoms with Crippen LogP contribution in [0.5, 0.6) is 0 Å². The number of nitrogens with zero attached hydrogens (tertiary/aromatic N) is 2. The molecule has 0 radical (unpaired) electrons. The van der Waals surface area contributed by atoms with E-state index in [1.807, 2.05) is 66.7 Å². The molecule has 0 saturated carbocycles. The van der Waals surface area contributed by atoms with Gasteiger partial charge in [-0.05, 0) is 35.4 Å². The van der Waals surface area contributed by atoms with Crippen LogP contribution in [0.25, 0.3) is 10.9 Å². The zero-order valence-electron chi connectivity index (χ0n) is 16.4. The van der Waals surface area contributed by atoms with Crippen LogP contribution in [0.2, 0.25) is 0 Å². The number of hydrogen-bond acceptors (Lipinski definition) is 5. The quantitative estimate of drug-likeness (QED) is 0.263. The topological polar surface area (TPSA) is 61.2 Å². The molecular formula is C24H20N2O3S. The average molecular weight is 417 g/mol. The summed E-state index contributed by atoms with van der Waals surface area (Å²) in [4.78, 5) is 29.5. The molecule has 5 nitrogen and oxygen atoms in total. The molecule has 4 aromatic rings. The SMILES string of the molecule is COC(=O)c1ccc(CSc2nc3ccccc3c(=O)n2Cc2ccccc2)cc1. The van der Waals surface area contributed by atoms with Crippen LogP contribution in [0.1, 0.15) is 21.5 Å². The molecule has 0 aliphatic heterocycles. The van der Waals surface area contributed by atoms with Crippen molar-refractivity contribution in [2.24, 2.45) is 0 Å². The van der Waals surface area contributed by atoms with E-state index in [4.69, 9.17) is 9.72 Å². The van der Waals surface area contributed by atoms with Crippen LogP contribution >= 0.6 is 11.8 Å². The number of rotatable bonds is 6. The number of esters is 1. The Labute approximate surface area is 178 Å². The molecular weight excluding hydrogens is 396 g/mol. The predicted octanol–water partition coefficient (Wildman–Crippen LogP) is 4.52. The molecule has 0 spiro atoms. The van der Waals surface area contributed by atoms with Gasteiger partial charge in [0.2, 0.25) is 0 Å².